The summed E-state index contributed by atoms with van der Waals surface area (Å²) in [7, 11) is 0. The Morgan fingerprint density at radius 2 is 2.37 bits per heavy atom. The third-order valence-corrected chi connectivity index (χ3v) is 4.61. The fourth-order valence-corrected chi connectivity index (χ4v) is 3.62. The number of thiophene rings is 1. The van der Waals surface area contributed by atoms with Crippen molar-refractivity contribution in [3.05, 3.63) is 45.9 Å². The molecule has 1 atom stereocenters. The second-order valence-corrected chi connectivity index (χ2v) is 6.25. The van der Waals surface area contributed by atoms with Gasteiger partial charge in [0, 0.05) is 30.2 Å². The lowest BCUT2D eigenvalue weighted by molar-refractivity contribution is 0.526. The van der Waals surface area contributed by atoms with E-state index in [1.807, 2.05) is 0 Å². The fraction of sp³-hybridized carbons (Fsp3) is 0.357. The van der Waals surface area contributed by atoms with Crippen LogP contribution >= 0.6 is 22.7 Å². The van der Waals surface area contributed by atoms with Gasteiger partial charge in [-0.1, -0.05) is 6.92 Å². The second-order valence-electron chi connectivity index (χ2n) is 4.59. The minimum absolute atomic E-state index is 0.371. The number of fused-ring (bicyclic) bond motifs is 1. The average Bonchev–Trinajstić information content (AvgIpc) is 3.09. The molecule has 0 radical (unpaired) electrons. The molecule has 0 fully saturated rings. The zero-order valence-electron chi connectivity index (χ0n) is 10.9. The van der Waals surface area contributed by atoms with Crippen LogP contribution in [0.1, 0.15) is 30.6 Å². The number of hydrogen-bond donors (Lipinski definition) is 1. The van der Waals surface area contributed by atoms with Crippen LogP contribution in [0.25, 0.3) is 4.96 Å². The van der Waals surface area contributed by atoms with Gasteiger partial charge in [0.1, 0.15) is 0 Å². The quantitative estimate of drug-likeness (QED) is 0.749. The van der Waals surface area contributed by atoms with Crippen LogP contribution in [0, 0.1) is 0 Å². The predicted octanol–water partition coefficient (Wildman–Crippen LogP) is 3.74. The van der Waals surface area contributed by atoms with E-state index in [0.717, 1.165) is 30.0 Å². The minimum atomic E-state index is 0.371. The van der Waals surface area contributed by atoms with Gasteiger partial charge in [-0.15, -0.1) is 11.3 Å². The Hall–Kier alpha value is -1.17. The van der Waals surface area contributed by atoms with E-state index in [1.54, 1.807) is 22.7 Å². The Balaban J connectivity index is 1.78. The van der Waals surface area contributed by atoms with Gasteiger partial charge < -0.3 is 5.32 Å². The monoisotopic (exact) mass is 291 g/mol. The molecule has 0 bridgehead atoms. The summed E-state index contributed by atoms with van der Waals surface area (Å²) in [4.78, 5) is 5.75. The summed E-state index contributed by atoms with van der Waals surface area (Å²) in [5.41, 5.74) is 2.53. The summed E-state index contributed by atoms with van der Waals surface area (Å²) in [5, 5.41) is 10.1. The molecule has 3 heterocycles. The summed E-state index contributed by atoms with van der Waals surface area (Å²) in [6.45, 7) is 3.24. The van der Waals surface area contributed by atoms with Crippen molar-refractivity contribution in [3.63, 3.8) is 0 Å². The van der Waals surface area contributed by atoms with E-state index in [-0.39, 0.29) is 0 Å². The molecule has 0 saturated carbocycles. The van der Waals surface area contributed by atoms with Gasteiger partial charge in [-0.3, -0.25) is 4.40 Å². The van der Waals surface area contributed by atoms with Gasteiger partial charge in [0.15, 0.2) is 4.96 Å². The van der Waals surface area contributed by atoms with Gasteiger partial charge in [-0.05, 0) is 35.4 Å². The first kappa shape index (κ1) is 12.8. The number of nitrogens with one attached hydrogen (secondary N) is 1. The van der Waals surface area contributed by atoms with E-state index >= 15 is 0 Å². The molecule has 0 amide bonds. The van der Waals surface area contributed by atoms with E-state index in [9.17, 15) is 0 Å². The van der Waals surface area contributed by atoms with Crippen molar-refractivity contribution in [2.75, 3.05) is 6.54 Å². The third-order valence-electron chi connectivity index (χ3n) is 3.14. The summed E-state index contributed by atoms with van der Waals surface area (Å²) in [6, 6.07) is 2.58. The lowest BCUT2D eigenvalue weighted by Crippen LogP contribution is -2.23. The summed E-state index contributed by atoms with van der Waals surface area (Å²) >= 11 is 3.44. The number of nitrogens with zero attached hydrogens (tertiary/aromatic N) is 2. The van der Waals surface area contributed by atoms with E-state index < -0.39 is 0 Å². The molecule has 5 heteroatoms. The maximum absolute atomic E-state index is 4.68. The maximum atomic E-state index is 4.68. The Morgan fingerprint density at radius 1 is 1.42 bits per heavy atom. The van der Waals surface area contributed by atoms with Crippen LogP contribution in [-0.4, -0.2) is 15.9 Å². The molecule has 19 heavy (non-hydrogen) atoms. The van der Waals surface area contributed by atoms with E-state index in [1.165, 1.54) is 5.56 Å². The summed E-state index contributed by atoms with van der Waals surface area (Å²) in [6.07, 6.45) is 6.30. The molecule has 0 aromatic carbocycles. The van der Waals surface area contributed by atoms with Gasteiger partial charge >= 0.3 is 0 Å². The second kappa shape index (κ2) is 5.86. The topological polar surface area (TPSA) is 29.3 Å². The Kier molecular flexibility index (Phi) is 3.96. The maximum Gasteiger partial charge on any atom is 0.193 e. The summed E-state index contributed by atoms with van der Waals surface area (Å²) in [5.74, 6) is 0. The fourth-order valence-electron chi connectivity index (χ4n) is 2.18. The van der Waals surface area contributed by atoms with Gasteiger partial charge in [0.2, 0.25) is 0 Å². The number of imidazole rings is 1. The van der Waals surface area contributed by atoms with Crippen LogP contribution in [0.2, 0.25) is 0 Å². The lowest BCUT2D eigenvalue weighted by atomic mass is 10.1. The first-order valence-corrected chi connectivity index (χ1v) is 8.35. The van der Waals surface area contributed by atoms with Crippen molar-refractivity contribution in [2.24, 2.45) is 0 Å². The highest BCUT2D eigenvalue weighted by Crippen LogP contribution is 2.21. The molecule has 3 aromatic heterocycles. The number of rotatable bonds is 6. The molecule has 3 rings (SSSR count). The van der Waals surface area contributed by atoms with Crippen LogP contribution in [0.4, 0.5) is 0 Å². The molecular weight excluding hydrogens is 274 g/mol. The zero-order chi connectivity index (χ0) is 13.1. The van der Waals surface area contributed by atoms with E-state index in [2.05, 4.69) is 56.2 Å². The minimum Gasteiger partial charge on any atom is -0.310 e. The number of aromatic nitrogens is 2. The molecule has 0 spiro atoms. The van der Waals surface area contributed by atoms with Crippen molar-refractivity contribution in [2.45, 2.75) is 25.8 Å². The molecule has 3 aromatic rings. The van der Waals surface area contributed by atoms with Crippen LogP contribution in [0.15, 0.2) is 34.6 Å². The largest absolute Gasteiger partial charge is 0.310 e. The molecular formula is C14H17N3S2. The highest BCUT2D eigenvalue weighted by Gasteiger charge is 2.14. The van der Waals surface area contributed by atoms with Crippen molar-refractivity contribution in [1.29, 1.82) is 0 Å². The Bertz CT molecular complexity index is 596. The normalized spacial score (nSPS) is 13.1. The molecule has 0 aliphatic rings. The molecule has 0 aliphatic carbocycles. The first-order valence-electron chi connectivity index (χ1n) is 6.53. The van der Waals surface area contributed by atoms with Crippen molar-refractivity contribution < 1.29 is 0 Å². The smallest absolute Gasteiger partial charge is 0.193 e. The Labute approximate surface area is 120 Å². The highest BCUT2D eigenvalue weighted by molar-refractivity contribution is 7.15. The average molecular weight is 291 g/mol. The first-order chi connectivity index (χ1) is 9.36. The summed E-state index contributed by atoms with van der Waals surface area (Å²) < 4.78 is 2.10. The lowest BCUT2D eigenvalue weighted by Gasteiger charge is -2.16. The highest BCUT2D eigenvalue weighted by atomic mass is 32.1. The molecule has 1 unspecified atom stereocenters. The SMILES string of the molecule is CCCNC(Cc1cn2ccsc2n1)c1ccsc1. The Morgan fingerprint density at radius 3 is 3.11 bits per heavy atom. The standard InChI is InChI=1S/C14H17N3S2/c1-2-4-15-13(11-3-6-18-10-11)8-12-9-17-5-7-19-14(17)16-12/h3,5-7,9-10,13,15H,2,4,8H2,1H3. The zero-order valence-corrected chi connectivity index (χ0v) is 12.5. The predicted molar refractivity (Wildman–Crippen MR) is 82.1 cm³/mol. The van der Waals surface area contributed by atoms with Crippen molar-refractivity contribution in [3.8, 4) is 0 Å². The van der Waals surface area contributed by atoms with Crippen LogP contribution < -0.4 is 5.32 Å². The van der Waals surface area contributed by atoms with E-state index in [0.29, 0.717) is 6.04 Å². The van der Waals surface area contributed by atoms with E-state index in [4.69, 9.17) is 0 Å². The molecule has 1 N–H and O–H groups in total. The molecule has 100 valence electrons. The number of thiazole rings is 1. The van der Waals surface area contributed by atoms with Crippen molar-refractivity contribution >= 4 is 27.6 Å². The van der Waals surface area contributed by atoms with Crippen LogP contribution in [0.5, 0.6) is 0 Å². The van der Waals surface area contributed by atoms with Gasteiger partial charge in [0.05, 0.1) is 5.69 Å². The molecule has 0 saturated heterocycles. The van der Waals surface area contributed by atoms with Crippen molar-refractivity contribution in [1.82, 2.24) is 14.7 Å². The van der Waals surface area contributed by atoms with Gasteiger partial charge in [-0.2, -0.15) is 11.3 Å². The van der Waals surface area contributed by atoms with Gasteiger partial charge in [0.25, 0.3) is 0 Å². The third kappa shape index (κ3) is 2.88. The number of hydrogen-bond acceptors (Lipinski definition) is 4. The van der Waals surface area contributed by atoms with Gasteiger partial charge in [-0.25, -0.2) is 4.98 Å². The molecule has 0 aliphatic heterocycles. The van der Waals surface area contributed by atoms with Crippen LogP contribution in [0.3, 0.4) is 0 Å². The van der Waals surface area contributed by atoms with Crippen LogP contribution in [-0.2, 0) is 6.42 Å². The molecule has 3 nitrogen and oxygen atoms in total.